The lowest BCUT2D eigenvalue weighted by Gasteiger charge is -2.36. The van der Waals surface area contributed by atoms with Crippen molar-refractivity contribution >= 4 is 34.3 Å². The molecule has 3 aromatic heterocycles. The van der Waals surface area contributed by atoms with Crippen LogP contribution in [0.2, 0.25) is 0 Å². The number of rotatable bonds is 22. The van der Waals surface area contributed by atoms with Gasteiger partial charge in [-0.15, -0.1) is 6.58 Å². The lowest BCUT2D eigenvalue weighted by atomic mass is 10.1. The van der Waals surface area contributed by atoms with Crippen molar-refractivity contribution in [2.24, 2.45) is 0 Å². The molecule has 0 radical (unpaired) electrons. The zero-order valence-corrected chi connectivity index (χ0v) is 36.8. The van der Waals surface area contributed by atoms with Crippen molar-refractivity contribution in [2.75, 3.05) is 116 Å². The second-order valence-corrected chi connectivity index (χ2v) is 15.8. The van der Waals surface area contributed by atoms with E-state index < -0.39 is 17.4 Å². The third kappa shape index (κ3) is 13.0. The Hall–Kier alpha value is -5.70. The molecule has 1 amide bonds. The first-order chi connectivity index (χ1) is 31.6. The van der Waals surface area contributed by atoms with Crippen LogP contribution >= 0.6 is 0 Å². The molecule has 2 aromatic carbocycles. The van der Waals surface area contributed by atoms with Crippen molar-refractivity contribution in [1.29, 1.82) is 0 Å². The van der Waals surface area contributed by atoms with E-state index in [0.717, 1.165) is 51.0 Å². The average Bonchev–Trinajstić information content (AvgIpc) is 3.59. The summed E-state index contributed by atoms with van der Waals surface area (Å²) in [6.45, 7) is 15.8. The van der Waals surface area contributed by atoms with Crippen molar-refractivity contribution < 1.29 is 36.9 Å². The molecule has 0 spiro atoms. The van der Waals surface area contributed by atoms with Crippen LogP contribution in [0.4, 0.5) is 30.5 Å². The van der Waals surface area contributed by atoms with Gasteiger partial charge in [0.1, 0.15) is 11.1 Å². The summed E-state index contributed by atoms with van der Waals surface area (Å²) in [6, 6.07) is 19.7. The summed E-state index contributed by atoms with van der Waals surface area (Å²) in [5.74, 6) is 0.0691. The number of pyridine rings is 1. The minimum Gasteiger partial charge on any atom is -0.380 e. The second-order valence-electron chi connectivity index (χ2n) is 15.8. The Bertz CT molecular complexity index is 2360. The summed E-state index contributed by atoms with van der Waals surface area (Å²) in [5.41, 5.74) is 2.66. The zero-order valence-electron chi connectivity index (χ0n) is 36.8. The smallest absolute Gasteiger partial charge is 0.380 e. The highest BCUT2D eigenvalue weighted by molar-refractivity contribution is 5.77. The first-order valence-corrected chi connectivity index (χ1v) is 21.9. The molecule has 2 aliphatic heterocycles. The number of alkyl halides is 3. The third-order valence-electron chi connectivity index (χ3n) is 11.3. The third-order valence-corrected chi connectivity index (χ3v) is 11.3. The van der Waals surface area contributed by atoms with Gasteiger partial charge in [0.2, 0.25) is 11.9 Å². The highest BCUT2D eigenvalue weighted by atomic mass is 19.4. The maximum Gasteiger partial charge on any atom is 0.433 e. The zero-order chi connectivity index (χ0) is 45.6. The number of halogens is 3. The lowest BCUT2D eigenvalue weighted by molar-refractivity contribution is -0.141. The number of amides is 1. The molecule has 0 atom stereocenters. The van der Waals surface area contributed by atoms with Gasteiger partial charge in [0.25, 0.3) is 5.56 Å². The van der Waals surface area contributed by atoms with Crippen LogP contribution in [0.3, 0.4) is 0 Å². The van der Waals surface area contributed by atoms with E-state index >= 15 is 0 Å². The maximum absolute atomic E-state index is 13.5. The molecule has 2 saturated heterocycles. The number of aromatic nitrogens is 5. The van der Waals surface area contributed by atoms with Crippen LogP contribution in [-0.4, -0.2) is 151 Å². The summed E-state index contributed by atoms with van der Waals surface area (Å²) in [7, 11) is 1.71. The number of hydrogen-bond acceptors (Lipinski definition) is 13. The minimum absolute atomic E-state index is 0.00984. The fraction of sp³-hybridized carbons (Fsp3) is 0.457. The van der Waals surface area contributed by atoms with Crippen LogP contribution < -0.4 is 15.8 Å². The molecule has 5 aromatic rings. The van der Waals surface area contributed by atoms with Crippen LogP contribution in [0, 0.1) is 0 Å². The topological polar surface area (TPSA) is 145 Å². The number of carbonyl (C=O) groups excluding carboxylic acids is 1. The number of nitrogens with one attached hydrogen (secondary N) is 1. The predicted molar refractivity (Wildman–Crippen MR) is 241 cm³/mol. The number of hydrogen-bond donors (Lipinski definition) is 1. The molecule has 7 rings (SSSR count). The summed E-state index contributed by atoms with van der Waals surface area (Å²) >= 11 is 0. The van der Waals surface area contributed by atoms with Crippen LogP contribution in [-0.2, 0) is 49.6 Å². The number of carbonyl (C=O) groups is 1. The van der Waals surface area contributed by atoms with E-state index in [0.29, 0.717) is 84.5 Å². The summed E-state index contributed by atoms with van der Waals surface area (Å²) < 4.78 is 65.3. The van der Waals surface area contributed by atoms with Gasteiger partial charge in [0.15, 0.2) is 11.5 Å². The number of nitrogens with zero attached hydrogens (tertiary/aromatic N) is 9. The first kappa shape index (κ1) is 47.3. The molecule has 5 heterocycles. The number of anilines is 3. The molecule has 65 heavy (non-hydrogen) atoms. The van der Waals surface area contributed by atoms with Gasteiger partial charge in [0.05, 0.1) is 59.2 Å². The molecule has 0 unspecified atom stereocenters. The largest absolute Gasteiger partial charge is 0.433 e. The van der Waals surface area contributed by atoms with Gasteiger partial charge in [-0.2, -0.15) is 18.2 Å². The van der Waals surface area contributed by atoms with Crippen LogP contribution in [0.15, 0.2) is 90.4 Å². The van der Waals surface area contributed by atoms with Crippen LogP contribution in [0.25, 0.3) is 16.9 Å². The molecule has 0 aliphatic carbocycles. The normalized spacial score (nSPS) is 15.2. The maximum atomic E-state index is 13.5. The highest BCUT2D eigenvalue weighted by Crippen LogP contribution is 2.29. The summed E-state index contributed by atoms with van der Waals surface area (Å²) in [4.78, 5) is 47.7. The van der Waals surface area contributed by atoms with Crippen molar-refractivity contribution in [2.45, 2.75) is 32.3 Å². The summed E-state index contributed by atoms with van der Waals surface area (Å²) in [6.07, 6.45) is -1.58. The van der Waals surface area contributed by atoms with Crippen molar-refractivity contribution in [1.82, 2.24) is 39.0 Å². The standard InChI is InChI=1S/C46H57F3N10O6/c1-3-16-58-44(61)39-32-50-45(53-43(39)59(58)41-6-4-5-40(52-41)46(47,48)49)51-37-11-13-38(14-12-37)56-21-23-57(24-22-56)42(60)15-26-63-28-30-65-31-29-64-27-25-54-17-19-55(20-18-54)33-35-7-9-36(10-8-35)34-62-2/h3-14,32H,1,15-31,33-34H2,2H3,(H,50,51,53). The molecule has 19 heteroatoms. The summed E-state index contributed by atoms with van der Waals surface area (Å²) in [5, 5.41) is 3.23. The van der Waals surface area contributed by atoms with Gasteiger partial charge in [-0.05, 0) is 47.5 Å². The highest BCUT2D eigenvalue weighted by Gasteiger charge is 2.33. The van der Waals surface area contributed by atoms with E-state index in [1.807, 2.05) is 29.2 Å². The van der Waals surface area contributed by atoms with Gasteiger partial charge in [-0.3, -0.25) is 19.4 Å². The Morgan fingerprint density at radius 2 is 1.46 bits per heavy atom. The molecule has 0 saturated carbocycles. The van der Waals surface area contributed by atoms with Crippen LogP contribution in [0.1, 0.15) is 23.2 Å². The Morgan fingerprint density at radius 1 is 0.800 bits per heavy atom. The van der Waals surface area contributed by atoms with Gasteiger partial charge >= 0.3 is 6.18 Å². The SMILES string of the molecule is C=CCn1c(=O)c2cnc(Nc3ccc(N4CCN(C(=O)CCOCCOCCOCCN5CCN(Cc6ccc(COC)cc6)CC5)CC4)cc3)nc2n1-c1cccc(C(F)(F)F)n1. The molecule has 1 N–H and O–H groups in total. The fourth-order valence-electron chi connectivity index (χ4n) is 7.80. The monoisotopic (exact) mass is 902 g/mol. The molecular weight excluding hydrogens is 846 g/mol. The van der Waals surface area contributed by atoms with Gasteiger partial charge < -0.3 is 34.1 Å². The second kappa shape index (κ2) is 23.0. The Kier molecular flexibility index (Phi) is 16.7. The molecular formula is C46H57F3N10O6. The van der Waals surface area contributed by atoms with Crippen molar-refractivity contribution in [3.63, 3.8) is 0 Å². The van der Waals surface area contributed by atoms with E-state index in [2.05, 4.69) is 65.8 Å². The van der Waals surface area contributed by atoms with Gasteiger partial charge in [0, 0.05) is 90.1 Å². The number of ether oxygens (including phenoxy) is 4. The molecule has 348 valence electrons. The number of allylic oxidation sites excluding steroid dienone is 1. The van der Waals surface area contributed by atoms with Gasteiger partial charge in [-0.25, -0.2) is 19.3 Å². The fourth-order valence-corrected chi connectivity index (χ4v) is 7.80. The molecule has 2 fully saturated rings. The Balaban J connectivity index is 0.753. The van der Waals surface area contributed by atoms with Crippen molar-refractivity contribution in [3.05, 3.63) is 113 Å². The predicted octanol–water partition coefficient (Wildman–Crippen LogP) is 4.98. The van der Waals surface area contributed by atoms with E-state index in [1.54, 1.807) is 7.11 Å². The number of fused-ring (bicyclic) bond motifs is 1. The molecule has 0 bridgehead atoms. The number of piperazine rings is 2. The quantitative estimate of drug-likeness (QED) is 0.0738. The van der Waals surface area contributed by atoms with E-state index in [-0.39, 0.29) is 35.3 Å². The average molecular weight is 903 g/mol. The van der Waals surface area contributed by atoms with E-state index in [9.17, 15) is 22.8 Å². The van der Waals surface area contributed by atoms with Crippen LogP contribution in [0.5, 0.6) is 0 Å². The van der Waals surface area contributed by atoms with Crippen molar-refractivity contribution in [3.8, 4) is 5.82 Å². The number of methoxy groups -OCH3 is 1. The molecule has 2 aliphatic rings. The number of benzene rings is 2. The Morgan fingerprint density at radius 3 is 2.14 bits per heavy atom. The first-order valence-electron chi connectivity index (χ1n) is 21.9. The Labute approximate surface area is 376 Å². The van der Waals surface area contributed by atoms with Gasteiger partial charge in [-0.1, -0.05) is 36.4 Å². The van der Waals surface area contributed by atoms with E-state index in [4.69, 9.17) is 18.9 Å². The lowest BCUT2D eigenvalue weighted by Crippen LogP contribution is -2.49. The minimum atomic E-state index is -4.68. The molecule has 16 nitrogen and oxygen atoms in total. The van der Waals surface area contributed by atoms with E-state index in [1.165, 1.54) is 44.9 Å².